The quantitative estimate of drug-likeness (QED) is 0.671. The Morgan fingerprint density at radius 2 is 1.85 bits per heavy atom. The maximum absolute atomic E-state index is 11.4. The Morgan fingerprint density at radius 1 is 1.31 bits per heavy atom. The zero-order valence-corrected chi connectivity index (χ0v) is 8.96. The van der Waals surface area contributed by atoms with E-state index >= 15 is 0 Å². The van der Waals surface area contributed by atoms with Crippen LogP contribution in [-0.4, -0.2) is 22.8 Å². The number of hydrogen-bond donors (Lipinski definition) is 0. The van der Waals surface area contributed by atoms with Gasteiger partial charge in [-0.25, -0.2) is 0 Å². The van der Waals surface area contributed by atoms with E-state index < -0.39 is 0 Å². The topological polar surface area (TPSA) is 37.4 Å². The van der Waals surface area contributed by atoms with Gasteiger partial charge in [-0.1, -0.05) is 20.3 Å². The Labute approximate surface area is 80.1 Å². The summed E-state index contributed by atoms with van der Waals surface area (Å²) in [7, 11) is 0. The van der Waals surface area contributed by atoms with Crippen molar-refractivity contribution in [2.45, 2.75) is 53.0 Å². The smallest absolute Gasteiger partial charge is 0.229 e. The van der Waals surface area contributed by atoms with E-state index in [1.54, 1.807) is 6.92 Å². The second-order valence-electron chi connectivity index (χ2n) is 3.27. The zero-order valence-electron chi connectivity index (χ0n) is 8.96. The van der Waals surface area contributed by atoms with Crippen molar-refractivity contribution in [3.8, 4) is 0 Å². The lowest BCUT2D eigenvalue weighted by Crippen LogP contribution is -2.41. The number of nitrogens with zero attached hydrogens (tertiary/aromatic N) is 1. The molecule has 0 aliphatic heterocycles. The Morgan fingerprint density at radius 3 is 2.15 bits per heavy atom. The fraction of sp³-hybridized carbons (Fsp3) is 0.800. The Kier molecular flexibility index (Phi) is 5.35. The molecule has 0 saturated carbocycles. The fourth-order valence-corrected chi connectivity index (χ4v) is 1.45. The lowest BCUT2D eigenvalue weighted by Gasteiger charge is -2.25. The molecule has 0 spiro atoms. The molecule has 76 valence electrons. The van der Waals surface area contributed by atoms with Gasteiger partial charge in [-0.05, 0) is 13.3 Å². The van der Waals surface area contributed by atoms with Gasteiger partial charge in [-0.15, -0.1) is 0 Å². The summed E-state index contributed by atoms with van der Waals surface area (Å²) >= 11 is 0. The number of rotatable bonds is 4. The summed E-state index contributed by atoms with van der Waals surface area (Å²) in [5.41, 5.74) is 0. The largest absolute Gasteiger partial charge is 0.280 e. The first kappa shape index (κ1) is 12.1. The van der Waals surface area contributed by atoms with E-state index in [9.17, 15) is 9.59 Å². The van der Waals surface area contributed by atoms with Crippen molar-refractivity contribution in [3.05, 3.63) is 0 Å². The predicted molar refractivity (Wildman–Crippen MR) is 52.2 cm³/mol. The molecule has 0 fully saturated rings. The first-order chi connectivity index (χ1) is 6.04. The van der Waals surface area contributed by atoms with Gasteiger partial charge in [-0.3, -0.25) is 14.5 Å². The first-order valence-corrected chi connectivity index (χ1v) is 4.87. The van der Waals surface area contributed by atoms with Crippen molar-refractivity contribution >= 4 is 11.8 Å². The summed E-state index contributed by atoms with van der Waals surface area (Å²) in [4.78, 5) is 23.9. The molecule has 13 heavy (non-hydrogen) atoms. The van der Waals surface area contributed by atoms with Gasteiger partial charge in [0.2, 0.25) is 11.8 Å². The SMILES string of the molecule is CCCC(C)N(C(C)=O)C(=O)CC. The zero-order chi connectivity index (χ0) is 10.4. The lowest BCUT2D eigenvalue weighted by molar-refractivity contribution is -0.145. The molecule has 2 amide bonds. The van der Waals surface area contributed by atoms with Gasteiger partial charge in [0.05, 0.1) is 0 Å². The predicted octanol–water partition coefficient (Wildman–Crippen LogP) is 1.96. The fourth-order valence-electron chi connectivity index (χ4n) is 1.45. The van der Waals surface area contributed by atoms with Crippen LogP contribution in [-0.2, 0) is 9.59 Å². The van der Waals surface area contributed by atoms with Crippen molar-refractivity contribution in [1.29, 1.82) is 0 Å². The summed E-state index contributed by atoms with van der Waals surface area (Å²) in [6.45, 7) is 7.18. The number of carbonyl (C=O) groups is 2. The van der Waals surface area contributed by atoms with Crippen LogP contribution in [0.1, 0.15) is 47.0 Å². The average molecular weight is 185 g/mol. The van der Waals surface area contributed by atoms with Crippen LogP contribution in [0.3, 0.4) is 0 Å². The highest BCUT2D eigenvalue weighted by atomic mass is 16.2. The third-order valence-electron chi connectivity index (χ3n) is 2.06. The molecule has 1 atom stereocenters. The molecule has 0 radical (unpaired) electrons. The van der Waals surface area contributed by atoms with Crippen LogP contribution in [0.15, 0.2) is 0 Å². The molecule has 0 aromatic heterocycles. The molecule has 0 rings (SSSR count). The average Bonchev–Trinajstić information content (AvgIpc) is 2.04. The van der Waals surface area contributed by atoms with E-state index in [1.807, 2.05) is 13.8 Å². The molecule has 0 aliphatic rings. The van der Waals surface area contributed by atoms with E-state index in [2.05, 4.69) is 0 Å². The second-order valence-corrected chi connectivity index (χ2v) is 3.27. The van der Waals surface area contributed by atoms with Crippen molar-refractivity contribution < 1.29 is 9.59 Å². The summed E-state index contributed by atoms with van der Waals surface area (Å²) < 4.78 is 0. The van der Waals surface area contributed by atoms with E-state index in [0.717, 1.165) is 12.8 Å². The molecule has 3 heteroatoms. The summed E-state index contributed by atoms with van der Waals surface area (Å²) in [5.74, 6) is -0.221. The van der Waals surface area contributed by atoms with Crippen molar-refractivity contribution in [3.63, 3.8) is 0 Å². The molecule has 0 aromatic carbocycles. The van der Waals surface area contributed by atoms with Crippen molar-refractivity contribution in [2.75, 3.05) is 0 Å². The Bertz CT molecular complexity index is 189. The third kappa shape index (κ3) is 3.57. The molecule has 3 nitrogen and oxygen atoms in total. The lowest BCUT2D eigenvalue weighted by atomic mass is 10.1. The van der Waals surface area contributed by atoms with Gasteiger partial charge in [0, 0.05) is 19.4 Å². The Hall–Kier alpha value is -0.860. The van der Waals surface area contributed by atoms with Gasteiger partial charge in [-0.2, -0.15) is 0 Å². The minimum Gasteiger partial charge on any atom is -0.280 e. The number of amides is 2. The van der Waals surface area contributed by atoms with Crippen LogP contribution < -0.4 is 0 Å². The molecule has 0 heterocycles. The highest BCUT2D eigenvalue weighted by Gasteiger charge is 2.21. The molecule has 0 aromatic rings. The minimum absolute atomic E-state index is 0.0370. The van der Waals surface area contributed by atoms with E-state index in [0.29, 0.717) is 6.42 Å². The normalized spacial score (nSPS) is 12.3. The molecule has 0 saturated heterocycles. The summed E-state index contributed by atoms with van der Waals surface area (Å²) in [6.07, 6.45) is 2.26. The van der Waals surface area contributed by atoms with Gasteiger partial charge in [0.15, 0.2) is 0 Å². The maximum Gasteiger partial charge on any atom is 0.229 e. The number of hydrogen-bond acceptors (Lipinski definition) is 2. The molecule has 1 unspecified atom stereocenters. The third-order valence-corrected chi connectivity index (χ3v) is 2.06. The van der Waals surface area contributed by atoms with Crippen LogP contribution in [0.2, 0.25) is 0 Å². The van der Waals surface area contributed by atoms with Crippen LogP contribution in [0.25, 0.3) is 0 Å². The molecular formula is C10H19NO2. The molecule has 0 N–H and O–H groups in total. The van der Waals surface area contributed by atoms with Gasteiger partial charge < -0.3 is 0 Å². The van der Waals surface area contributed by atoms with Gasteiger partial charge >= 0.3 is 0 Å². The molecular weight excluding hydrogens is 166 g/mol. The van der Waals surface area contributed by atoms with Crippen LogP contribution in [0, 0.1) is 0 Å². The Balaban J connectivity index is 4.41. The van der Waals surface area contributed by atoms with E-state index in [-0.39, 0.29) is 17.9 Å². The highest BCUT2D eigenvalue weighted by molar-refractivity contribution is 5.94. The molecule has 0 bridgehead atoms. The summed E-state index contributed by atoms with van der Waals surface area (Å²) in [5, 5.41) is 0. The van der Waals surface area contributed by atoms with Crippen LogP contribution in [0.4, 0.5) is 0 Å². The van der Waals surface area contributed by atoms with Crippen molar-refractivity contribution in [2.24, 2.45) is 0 Å². The molecule has 0 aliphatic carbocycles. The minimum atomic E-state index is -0.146. The number of carbonyl (C=O) groups excluding carboxylic acids is 2. The second kappa shape index (κ2) is 5.73. The highest BCUT2D eigenvalue weighted by Crippen LogP contribution is 2.08. The standard InChI is InChI=1S/C10H19NO2/c1-5-7-8(3)11(9(4)12)10(13)6-2/h8H,5-7H2,1-4H3. The maximum atomic E-state index is 11.4. The monoisotopic (exact) mass is 185 g/mol. The first-order valence-electron chi connectivity index (χ1n) is 4.87. The van der Waals surface area contributed by atoms with Crippen molar-refractivity contribution in [1.82, 2.24) is 4.90 Å². The van der Waals surface area contributed by atoms with E-state index in [4.69, 9.17) is 0 Å². The summed E-state index contributed by atoms with van der Waals surface area (Å²) in [6, 6.07) is 0.0370. The van der Waals surface area contributed by atoms with Gasteiger partial charge in [0.25, 0.3) is 0 Å². The number of imide groups is 1. The van der Waals surface area contributed by atoms with Crippen LogP contribution >= 0.6 is 0 Å². The van der Waals surface area contributed by atoms with E-state index in [1.165, 1.54) is 11.8 Å². The van der Waals surface area contributed by atoms with Gasteiger partial charge in [0.1, 0.15) is 0 Å². The van der Waals surface area contributed by atoms with Crippen LogP contribution in [0.5, 0.6) is 0 Å².